The first kappa shape index (κ1) is 13.4. The molecule has 1 aromatic rings. The second-order valence-electron chi connectivity index (χ2n) is 3.82. The molecule has 1 rings (SSSR count). The Hall–Kier alpha value is -0.680. The zero-order valence-electron chi connectivity index (χ0n) is 9.16. The van der Waals surface area contributed by atoms with E-state index in [1.807, 2.05) is 13.0 Å². The third-order valence-electron chi connectivity index (χ3n) is 2.06. The van der Waals surface area contributed by atoms with Crippen molar-refractivity contribution in [2.75, 3.05) is 12.0 Å². The zero-order valence-corrected chi connectivity index (χ0v) is 11.6. The maximum Gasteiger partial charge on any atom is 0.163 e. The Kier molecular flexibility index (Phi) is 4.27. The monoisotopic (exact) mass is 304 g/mol. The highest BCUT2D eigenvalue weighted by Gasteiger charge is 2.11. The molecule has 1 aromatic carbocycles. The molecule has 0 fully saturated rings. The van der Waals surface area contributed by atoms with E-state index >= 15 is 0 Å². The lowest BCUT2D eigenvalue weighted by atomic mass is 10.1. The zero-order chi connectivity index (χ0) is 12.3. The largest absolute Gasteiger partial charge is 0.294 e. The van der Waals surface area contributed by atoms with E-state index in [0.29, 0.717) is 5.56 Å². The fourth-order valence-corrected chi connectivity index (χ4v) is 2.48. The van der Waals surface area contributed by atoms with E-state index in [-0.39, 0.29) is 18.0 Å². The van der Waals surface area contributed by atoms with E-state index in [9.17, 15) is 13.2 Å². The van der Waals surface area contributed by atoms with Crippen LogP contribution in [0.15, 0.2) is 22.7 Å². The van der Waals surface area contributed by atoms with E-state index in [1.165, 1.54) is 0 Å². The summed E-state index contributed by atoms with van der Waals surface area (Å²) in [7, 11) is -3.08. The predicted octanol–water partition coefficient (Wildman–Crippen LogP) is 2.37. The van der Waals surface area contributed by atoms with Crippen LogP contribution >= 0.6 is 15.9 Å². The summed E-state index contributed by atoms with van der Waals surface area (Å²) in [5, 5.41) is 0. The molecule has 88 valence electrons. The molecule has 0 aliphatic heterocycles. The van der Waals surface area contributed by atoms with Gasteiger partial charge in [-0.2, -0.15) is 0 Å². The van der Waals surface area contributed by atoms with Crippen molar-refractivity contribution in [1.29, 1.82) is 0 Å². The lowest BCUT2D eigenvalue weighted by molar-refractivity contribution is 0.0988. The molecule has 0 aliphatic rings. The van der Waals surface area contributed by atoms with Crippen molar-refractivity contribution in [2.24, 2.45) is 0 Å². The quantitative estimate of drug-likeness (QED) is 0.803. The van der Waals surface area contributed by atoms with Crippen molar-refractivity contribution >= 4 is 31.6 Å². The molecule has 0 unspecified atom stereocenters. The highest BCUT2D eigenvalue weighted by molar-refractivity contribution is 9.10. The van der Waals surface area contributed by atoms with Crippen LogP contribution in [0.2, 0.25) is 0 Å². The predicted molar refractivity (Wildman–Crippen MR) is 67.5 cm³/mol. The number of hydrogen-bond donors (Lipinski definition) is 0. The molecule has 0 heterocycles. The number of carbonyl (C=O) groups is 1. The summed E-state index contributed by atoms with van der Waals surface area (Å²) in [4.78, 5) is 11.7. The van der Waals surface area contributed by atoms with E-state index in [4.69, 9.17) is 0 Å². The molecular formula is C11H13BrO3S. The molecule has 0 atom stereocenters. The Morgan fingerprint density at radius 1 is 1.31 bits per heavy atom. The first-order chi connectivity index (χ1) is 7.28. The standard InChI is InChI=1S/C11H13BrO3S/c1-8-5-9(7-10(12)6-8)11(13)3-4-16(2,14)15/h5-7H,3-4H2,1-2H3. The Morgan fingerprint density at radius 3 is 2.44 bits per heavy atom. The summed E-state index contributed by atoms with van der Waals surface area (Å²) in [6.07, 6.45) is 1.17. The molecule has 0 aliphatic carbocycles. The highest BCUT2D eigenvalue weighted by atomic mass is 79.9. The number of ketones is 1. The number of sulfone groups is 1. The first-order valence-corrected chi connectivity index (χ1v) is 7.61. The smallest absolute Gasteiger partial charge is 0.163 e. The SMILES string of the molecule is Cc1cc(Br)cc(C(=O)CCS(C)(=O)=O)c1. The van der Waals surface area contributed by atoms with Crippen LogP contribution < -0.4 is 0 Å². The average Bonchev–Trinajstić information content (AvgIpc) is 2.11. The number of halogens is 1. The molecule has 0 amide bonds. The third-order valence-corrected chi connectivity index (χ3v) is 3.47. The maximum atomic E-state index is 11.7. The van der Waals surface area contributed by atoms with E-state index in [1.54, 1.807) is 12.1 Å². The minimum atomic E-state index is -3.08. The van der Waals surface area contributed by atoms with E-state index < -0.39 is 9.84 Å². The number of hydrogen-bond acceptors (Lipinski definition) is 3. The Labute approximate surface area is 104 Å². The minimum absolute atomic E-state index is 0.0364. The molecular weight excluding hydrogens is 292 g/mol. The van der Waals surface area contributed by atoms with Gasteiger partial charge in [0.1, 0.15) is 9.84 Å². The summed E-state index contributed by atoms with van der Waals surface area (Å²) in [6.45, 7) is 1.89. The summed E-state index contributed by atoms with van der Waals surface area (Å²) < 4.78 is 22.7. The van der Waals surface area contributed by atoms with Gasteiger partial charge in [-0.1, -0.05) is 15.9 Å². The Bertz CT molecular complexity index is 486. The van der Waals surface area contributed by atoms with Gasteiger partial charge in [0, 0.05) is 22.7 Å². The average molecular weight is 305 g/mol. The molecule has 3 nitrogen and oxygen atoms in total. The van der Waals surface area contributed by atoms with Crippen molar-refractivity contribution in [1.82, 2.24) is 0 Å². The van der Waals surface area contributed by atoms with Crippen LogP contribution in [0.5, 0.6) is 0 Å². The van der Waals surface area contributed by atoms with Gasteiger partial charge in [-0.15, -0.1) is 0 Å². The normalized spacial score (nSPS) is 11.4. The molecule has 0 radical (unpaired) electrons. The van der Waals surface area contributed by atoms with Crippen LogP contribution in [0, 0.1) is 6.92 Å². The highest BCUT2D eigenvalue weighted by Crippen LogP contribution is 2.16. The van der Waals surface area contributed by atoms with Gasteiger partial charge in [-0.05, 0) is 30.7 Å². The number of Topliss-reactive ketones (excluding diaryl/α,β-unsaturated/α-hetero) is 1. The lowest BCUT2D eigenvalue weighted by Crippen LogP contribution is -2.09. The van der Waals surface area contributed by atoms with E-state index in [2.05, 4.69) is 15.9 Å². The minimum Gasteiger partial charge on any atom is -0.294 e. The van der Waals surface area contributed by atoms with Crippen molar-refractivity contribution in [2.45, 2.75) is 13.3 Å². The van der Waals surface area contributed by atoms with Gasteiger partial charge in [0.2, 0.25) is 0 Å². The molecule has 16 heavy (non-hydrogen) atoms. The van der Waals surface area contributed by atoms with Gasteiger partial charge in [-0.25, -0.2) is 8.42 Å². The van der Waals surface area contributed by atoms with Crippen LogP contribution in [-0.2, 0) is 9.84 Å². The van der Waals surface area contributed by atoms with Gasteiger partial charge in [-0.3, -0.25) is 4.79 Å². The molecule has 5 heteroatoms. The maximum absolute atomic E-state index is 11.7. The molecule has 0 bridgehead atoms. The summed E-state index contributed by atoms with van der Waals surface area (Å²) >= 11 is 3.30. The Balaban J connectivity index is 2.81. The molecule has 0 saturated carbocycles. The number of rotatable bonds is 4. The third kappa shape index (κ3) is 4.45. The second-order valence-corrected chi connectivity index (χ2v) is 7.00. The van der Waals surface area contributed by atoms with Crippen molar-refractivity contribution < 1.29 is 13.2 Å². The van der Waals surface area contributed by atoms with Crippen LogP contribution in [0.3, 0.4) is 0 Å². The number of benzene rings is 1. The van der Waals surface area contributed by atoms with Crippen LogP contribution in [-0.4, -0.2) is 26.2 Å². The van der Waals surface area contributed by atoms with Gasteiger partial charge in [0.15, 0.2) is 5.78 Å². The van der Waals surface area contributed by atoms with E-state index in [0.717, 1.165) is 16.3 Å². The first-order valence-electron chi connectivity index (χ1n) is 4.76. The van der Waals surface area contributed by atoms with Gasteiger partial charge in [0.25, 0.3) is 0 Å². The van der Waals surface area contributed by atoms with Crippen molar-refractivity contribution in [3.63, 3.8) is 0 Å². The lowest BCUT2D eigenvalue weighted by Gasteiger charge is -2.03. The summed E-state index contributed by atoms with van der Waals surface area (Å²) in [6, 6.07) is 5.36. The second kappa shape index (κ2) is 5.10. The van der Waals surface area contributed by atoms with Gasteiger partial charge >= 0.3 is 0 Å². The number of aryl methyl sites for hydroxylation is 1. The van der Waals surface area contributed by atoms with Crippen molar-refractivity contribution in [3.05, 3.63) is 33.8 Å². The van der Waals surface area contributed by atoms with Crippen LogP contribution in [0.1, 0.15) is 22.3 Å². The molecule has 0 saturated heterocycles. The molecule has 0 spiro atoms. The van der Waals surface area contributed by atoms with Crippen LogP contribution in [0.4, 0.5) is 0 Å². The fourth-order valence-electron chi connectivity index (χ4n) is 1.32. The topological polar surface area (TPSA) is 51.2 Å². The molecule has 0 N–H and O–H groups in total. The number of carbonyl (C=O) groups excluding carboxylic acids is 1. The van der Waals surface area contributed by atoms with Gasteiger partial charge in [0.05, 0.1) is 5.75 Å². The fraction of sp³-hybridized carbons (Fsp3) is 0.364. The van der Waals surface area contributed by atoms with Crippen molar-refractivity contribution in [3.8, 4) is 0 Å². The summed E-state index contributed by atoms with van der Waals surface area (Å²) in [5.41, 5.74) is 1.52. The summed E-state index contributed by atoms with van der Waals surface area (Å²) in [5.74, 6) is -0.243. The van der Waals surface area contributed by atoms with Crippen LogP contribution in [0.25, 0.3) is 0 Å². The molecule has 0 aromatic heterocycles. The Morgan fingerprint density at radius 2 is 1.94 bits per heavy atom. The van der Waals surface area contributed by atoms with Gasteiger partial charge < -0.3 is 0 Å².